The number of fused-ring (bicyclic) bond motifs is 3. The van der Waals surface area contributed by atoms with Crippen molar-refractivity contribution in [2.75, 3.05) is 18.8 Å². The molecule has 2 atom stereocenters. The fourth-order valence-electron chi connectivity index (χ4n) is 3.30. The Balaban J connectivity index is 0.00000156. The number of thioether (sulfide) groups is 1. The van der Waals surface area contributed by atoms with Gasteiger partial charge < -0.3 is 10.2 Å². The number of thiazole rings is 1. The van der Waals surface area contributed by atoms with E-state index < -0.39 is 0 Å². The summed E-state index contributed by atoms with van der Waals surface area (Å²) >= 11 is 3.24. The average Bonchev–Trinajstić information content (AvgIpc) is 3.07. The van der Waals surface area contributed by atoms with Crippen LogP contribution < -0.4 is 5.32 Å². The van der Waals surface area contributed by atoms with E-state index in [1.54, 1.807) is 23.1 Å². The first kappa shape index (κ1) is 17.0. The second kappa shape index (κ2) is 7.38. The first-order chi connectivity index (χ1) is 10.8. The third kappa shape index (κ3) is 3.82. The van der Waals surface area contributed by atoms with Gasteiger partial charge in [-0.25, -0.2) is 4.98 Å². The van der Waals surface area contributed by atoms with Gasteiger partial charge in [-0.1, -0.05) is 23.9 Å². The average molecular weight is 370 g/mol. The zero-order chi connectivity index (χ0) is 14.9. The molecule has 7 heteroatoms. The minimum absolute atomic E-state index is 0. The summed E-state index contributed by atoms with van der Waals surface area (Å²) in [6.07, 6.45) is 3.57. The fraction of sp³-hybridized carbons (Fsp3) is 0.500. The summed E-state index contributed by atoms with van der Waals surface area (Å²) in [4.78, 5) is 19.1. The highest BCUT2D eigenvalue weighted by molar-refractivity contribution is 8.01. The van der Waals surface area contributed by atoms with Gasteiger partial charge in [-0.3, -0.25) is 4.79 Å². The topological polar surface area (TPSA) is 45.2 Å². The van der Waals surface area contributed by atoms with Crippen LogP contribution in [0, 0.1) is 0 Å². The smallest absolute Gasteiger partial charge is 0.233 e. The quantitative estimate of drug-likeness (QED) is 0.844. The van der Waals surface area contributed by atoms with E-state index in [4.69, 9.17) is 0 Å². The SMILES string of the molecule is Cl.O=C(CSc1nc2ccccc2s1)N1CCC2CCC(C1)N2. The first-order valence-electron chi connectivity index (χ1n) is 7.80. The van der Waals surface area contributed by atoms with Gasteiger partial charge in [0.2, 0.25) is 5.91 Å². The molecule has 2 fully saturated rings. The van der Waals surface area contributed by atoms with Crippen molar-refractivity contribution in [1.82, 2.24) is 15.2 Å². The van der Waals surface area contributed by atoms with Gasteiger partial charge in [-0.2, -0.15) is 0 Å². The zero-order valence-corrected chi connectivity index (χ0v) is 15.2. The van der Waals surface area contributed by atoms with Crippen LogP contribution in [0.5, 0.6) is 0 Å². The number of carbonyl (C=O) groups is 1. The van der Waals surface area contributed by atoms with Crippen LogP contribution in [0.1, 0.15) is 19.3 Å². The molecule has 4 nitrogen and oxygen atoms in total. The van der Waals surface area contributed by atoms with Crippen LogP contribution in [0.4, 0.5) is 0 Å². The minimum atomic E-state index is 0. The van der Waals surface area contributed by atoms with Gasteiger partial charge in [0.1, 0.15) is 0 Å². The number of likely N-dealkylation sites (tertiary alicyclic amines) is 1. The van der Waals surface area contributed by atoms with Crippen LogP contribution in [-0.4, -0.2) is 46.7 Å². The Morgan fingerprint density at radius 2 is 2.13 bits per heavy atom. The molecule has 1 N–H and O–H groups in total. The highest BCUT2D eigenvalue weighted by Crippen LogP contribution is 2.29. The lowest BCUT2D eigenvalue weighted by molar-refractivity contribution is -0.128. The van der Waals surface area contributed by atoms with Crippen molar-refractivity contribution < 1.29 is 4.79 Å². The number of aromatic nitrogens is 1. The Bertz CT molecular complexity index is 660. The van der Waals surface area contributed by atoms with Crippen molar-refractivity contribution in [1.29, 1.82) is 0 Å². The molecule has 1 aromatic carbocycles. The molecule has 3 heterocycles. The Morgan fingerprint density at radius 1 is 1.30 bits per heavy atom. The molecule has 2 aliphatic heterocycles. The molecule has 2 bridgehead atoms. The van der Waals surface area contributed by atoms with E-state index in [1.807, 2.05) is 23.1 Å². The predicted octanol–water partition coefficient (Wildman–Crippen LogP) is 3.16. The second-order valence-electron chi connectivity index (χ2n) is 6.00. The fourth-order valence-corrected chi connectivity index (χ4v) is 5.27. The van der Waals surface area contributed by atoms with Crippen molar-refractivity contribution in [3.05, 3.63) is 24.3 Å². The van der Waals surface area contributed by atoms with E-state index in [2.05, 4.69) is 16.4 Å². The lowest BCUT2D eigenvalue weighted by Gasteiger charge is -2.24. The molecule has 124 valence electrons. The molecule has 0 radical (unpaired) electrons. The molecule has 1 aromatic heterocycles. The van der Waals surface area contributed by atoms with Crippen molar-refractivity contribution >= 4 is 51.6 Å². The molecule has 0 spiro atoms. The second-order valence-corrected chi connectivity index (χ2v) is 8.26. The molecule has 2 unspecified atom stereocenters. The lowest BCUT2D eigenvalue weighted by atomic mass is 10.1. The number of amides is 1. The number of rotatable bonds is 3. The van der Waals surface area contributed by atoms with Crippen molar-refractivity contribution in [2.45, 2.75) is 35.7 Å². The van der Waals surface area contributed by atoms with Gasteiger partial charge in [0.25, 0.3) is 0 Å². The first-order valence-corrected chi connectivity index (χ1v) is 9.60. The van der Waals surface area contributed by atoms with E-state index in [9.17, 15) is 4.79 Å². The minimum Gasteiger partial charge on any atom is -0.340 e. The Kier molecular flexibility index (Phi) is 5.46. The van der Waals surface area contributed by atoms with Crippen LogP contribution in [0.2, 0.25) is 0 Å². The molecule has 2 aliphatic rings. The van der Waals surface area contributed by atoms with Gasteiger partial charge in [-0.05, 0) is 31.4 Å². The monoisotopic (exact) mass is 369 g/mol. The highest BCUT2D eigenvalue weighted by Gasteiger charge is 2.30. The summed E-state index contributed by atoms with van der Waals surface area (Å²) in [5, 5.41) is 3.62. The van der Waals surface area contributed by atoms with E-state index in [0.29, 0.717) is 17.8 Å². The Labute approximate surface area is 150 Å². The van der Waals surface area contributed by atoms with Crippen molar-refractivity contribution in [3.8, 4) is 0 Å². The van der Waals surface area contributed by atoms with E-state index >= 15 is 0 Å². The molecule has 2 aromatic rings. The number of halogens is 1. The number of hydrogen-bond acceptors (Lipinski definition) is 5. The third-order valence-corrected chi connectivity index (χ3v) is 6.63. The number of carbonyl (C=O) groups excluding carboxylic acids is 1. The summed E-state index contributed by atoms with van der Waals surface area (Å²) in [7, 11) is 0. The van der Waals surface area contributed by atoms with Crippen LogP contribution in [0.3, 0.4) is 0 Å². The van der Waals surface area contributed by atoms with E-state index in [1.165, 1.54) is 17.5 Å². The summed E-state index contributed by atoms with van der Waals surface area (Å²) in [5.74, 6) is 0.746. The van der Waals surface area contributed by atoms with Crippen molar-refractivity contribution in [3.63, 3.8) is 0 Å². The summed E-state index contributed by atoms with van der Waals surface area (Å²) in [6.45, 7) is 1.77. The molecule has 1 amide bonds. The van der Waals surface area contributed by atoms with E-state index in [-0.39, 0.29) is 18.3 Å². The van der Waals surface area contributed by atoms with Gasteiger partial charge in [0.15, 0.2) is 4.34 Å². The zero-order valence-electron chi connectivity index (χ0n) is 12.7. The number of nitrogens with one attached hydrogen (secondary N) is 1. The Hall–Kier alpha value is -0.820. The van der Waals surface area contributed by atoms with Crippen LogP contribution in [-0.2, 0) is 4.79 Å². The largest absolute Gasteiger partial charge is 0.340 e. The Morgan fingerprint density at radius 3 is 3.00 bits per heavy atom. The standard InChI is InChI=1S/C16H19N3OS2.ClH/c20-15(19-8-7-11-5-6-12(9-19)17-11)10-21-16-18-13-3-1-2-4-14(13)22-16;/h1-4,11-12,17H,5-10H2;1H. The molecule has 2 saturated heterocycles. The molecule has 23 heavy (non-hydrogen) atoms. The third-order valence-electron chi connectivity index (χ3n) is 4.47. The molecule has 0 aliphatic carbocycles. The summed E-state index contributed by atoms with van der Waals surface area (Å²) in [5.41, 5.74) is 1.03. The number of hydrogen-bond donors (Lipinski definition) is 1. The number of nitrogens with zero attached hydrogens (tertiary/aromatic N) is 2. The maximum Gasteiger partial charge on any atom is 0.233 e. The predicted molar refractivity (Wildman–Crippen MR) is 98.7 cm³/mol. The molecular formula is C16H20ClN3OS2. The number of para-hydroxylation sites is 1. The van der Waals surface area contributed by atoms with Gasteiger partial charge in [-0.15, -0.1) is 23.7 Å². The highest BCUT2D eigenvalue weighted by atomic mass is 35.5. The van der Waals surface area contributed by atoms with Crippen LogP contribution >= 0.6 is 35.5 Å². The molecule has 0 saturated carbocycles. The summed E-state index contributed by atoms with van der Waals surface area (Å²) in [6, 6.07) is 9.26. The van der Waals surface area contributed by atoms with Crippen LogP contribution in [0.25, 0.3) is 10.2 Å². The van der Waals surface area contributed by atoms with Gasteiger partial charge in [0, 0.05) is 25.2 Å². The maximum atomic E-state index is 12.5. The number of benzene rings is 1. The normalized spacial score (nSPS) is 23.6. The van der Waals surface area contributed by atoms with Crippen LogP contribution in [0.15, 0.2) is 28.6 Å². The summed E-state index contributed by atoms with van der Waals surface area (Å²) < 4.78 is 2.18. The van der Waals surface area contributed by atoms with Gasteiger partial charge in [0.05, 0.1) is 16.0 Å². The maximum absolute atomic E-state index is 12.5. The molecule has 4 rings (SSSR count). The van der Waals surface area contributed by atoms with E-state index in [0.717, 1.165) is 29.4 Å². The van der Waals surface area contributed by atoms with Crippen molar-refractivity contribution in [2.24, 2.45) is 0 Å². The van der Waals surface area contributed by atoms with Gasteiger partial charge >= 0.3 is 0 Å². The molecular weight excluding hydrogens is 350 g/mol. The lowest BCUT2D eigenvalue weighted by Crippen LogP contribution is -2.39.